The number of anilines is 1. The first-order valence-electron chi connectivity index (χ1n) is 6.98. The molecule has 4 heteroatoms. The van der Waals surface area contributed by atoms with Gasteiger partial charge in [-0.3, -0.25) is 0 Å². The van der Waals surface area contributed by atoms with E-state index in [0.29, 0.717) is 17.4 Å². The van der Waals surface area contributed by atoms with Gasteiger partial charge in [0.1, 0.15) is 0 Å². The monoisotopic (exact) mass is 259 g/mol. The fraction of sp³-hybridized carbons (Fsp3) is 0.467. The van der Waals surface area contributed by atoms with E-state index in [1.54, 1.807) is 0 Å². The van der Waals surface area contributed by atoms with Crippen molar-refractivity contribution in [2.75, 3.05) is 5.73 Å². The lowest BCUT2D eigenvalue weighted by Gasteiger charge is -1.96. The standard InChI is InChI=1S/C15H21N3O/c1-2-3-4-5-6-10-14-17-15(18-19-14)12-8-7-9-13(16)11-12/h7-9,11H,2-6,10,16H2,1H3. The summed E-state index contributed by atoms with van der Waals surface area (Å²) in [6.07, 6.45) is 7.05. The molecule has 0 saturated carbocycles. The number of hydrogen-bond acceptors (Lipinski definition) is 4. The van der Waals surface area contributed by atoms with Gasteiger partial charge in [-0.1, -0.05) is 49.9 Å². The normalized spacial score (nSPS) is 10.8. The number of benzene rings is 1. The van der Waals surface area contributed by atoms with E-state index in [1.807, 2.05) is 24.3 Å². The van der Waals surface area contributed by atoms with Crippen LogP contribution in [0.5, 0.6) is 0 Å². The van der Waals surface area contributed by atoms with Crippen LogP contribution in [0.4, 0.5) is 5.69 Å². The van der Waals surface area contributed by atoms with E-state index < -0.39 is 0 Å². The minimum atomic E-state index is 0.621. The van der Waals surface area contributed by atoms with Gasteiger partial charge in [0.05, 0.1) is 0 Å². The van der Waals surface area contributed by atoms with E-state index in [4.69, 9.17) is 10.3 Å². The zero-order valence-corrected chi connectivity index (χ0v) is 11.4. The highest BCUT2D eigenvalue weighted by Gasteiger charge is 2.08. The van der Waals surface area contributed by atoms with Crippen molar-refractivity contribution in [1.29, 1.82) is 0 Å². The largest absolute Gasteiger partial charge is 0.399 e. The second kappa shape index (κ2) is 6.92. The smallest absolute Gasteiger partial charge is 0.226 e. The average Bonchev–Trinajstić information content (AvgIpc) is 2.87. The maximum absolute atomic E-state index is 5.74. The Balaban J connectivity index is 1.88. The first kappa shape index (κ1) is 13.6. The third-order valence-electron chi connectivity index (χ3n) is 3.11. The minimum absolute atomic E-state index is 0.621. The molecule has 1 aromatic carbocycles. The topological polar surface area (TPSA) is 64.9 Å². The Morgan fingerprint density at radius 2 is 2.00 bits per heavy atom. The fourth-order valence-electron chi connectivity index (χ4n) is 2.03. The molecule has 0 aliphatic rings. The van der Waals surface area contributed by atoms with Crippen molar-refractivity contribution in [3.8, 4) is 11.4 Å². The fourth-order valence-corrected chi connectivity index (χ4v) is 2.03. The number of aromatic nitrogens is 2. The van der Waals surface area contributed by atoms with Gasteiger partial charge in [-0.05, 0) is 18.6 Å². The van der Waals surface area contributed by atoms with Gasteiger partial charge in [0, 0.05) is 17.7 Å². The predicted octanol–water partition coefficient (Wildman–Crippen LogP) is 3.83. The number of nitrogen functional groups attached to an aromatic ring is 1. The van der Waals surface area contributed by atoms with E-state index >= 15 is 0 Å². The van der Waals surface area contributed by atoms with Crippen LogP contribution in [0.1, 0.15) is 44.9 Å². The Kier molecular flexibility index (Phi) is 4.95. The molecule has 0 radical (unpaired) electrons. The molecular weight excluding hydrogens is 238 g/mol. The van der Waals surface area contributed by atoms with Crippen LogP contribution in [0, 0.1) is 0 Å². The molecule has 19 heavy (non-hydrogen) atoms. The first-order valence-corrected chi connectivity index (χ1v) is 6.98. The van der Waals surface area contributed by atoms with Crippen LogP contribution in [0.15, 0.2) is 28.8 Å². The second-order valence-electron chi connectivity index (χ2n) is 4.80. The van der Waals surface area contributed by atoms with Crippen molar-refractivity contribution in [3.05, 3.63) is 30.2 Å². The zero-order valence-electron chi connectivity index (χ0n) is 11.4. The molecule has 0 saturated heterocycles. The minimum Gasteiger partial charge on any atom is -0.399 e. The van der Waals surface area contributed by atoms with Crippen LogP contribution in [-0.4, -0.2) is 10.1 Å². The molecule has 2 N–H and O–H groups in total. The van der Waals surface area contributed by atoms with Gasteiger partial charge < -0.3 is 10.3 Å². The molecule has 0 atom stereocenters. The molecule has 0 aliphatic carbocycles. The third-order valence-corrected chi connectivity index (χ3v) is 3.11. The number of nitrogens with zero attached hydrogens (tertiary/aromatic N) is 2. The summed E-state index contributed by atoms with van der Waals surface area (Å²) in [7, 11) is 0. The van der Waals surface area contributed by atoms with Crippen LogP contribution in [-0.2, 0) is 6.42 Å². The summed E-state index contributed by atoms with van der Waals surface area (Å²) < 4.78 is 5.26. The summed E-state index contributed by atoms with van der Waals surface area (Å²) in [6, 6.07) is 7.53. The van der Waals surface area contributed by atoms with E-state index in [1.165, 1.54) is 25.7 Å². The molecule has 0 bridgehead atoms. The third kappa shape index (κ3) is 4.09. The molecule has 0 fully saturated rings. The summed E-state index contributed by atoms with van der Waals surface area (Å²) in [5.41, 5.74) is 7.36. The number of rotatable bonds is 7. The van der Waals surface area contributed by atoms with Gasteiger partial charge >= 0.3 is 0 Å². The lowest BCUT2D eigenvalue weighted by atomic mass is 10.1. The summed E-state index contributed by atoms with van der Waals surface area (Å²) in [4.78, 5) is 4.41. The molecule has 0 unspecified atom stereocenters. The lowest BCUT2D eigenvalue weighted by molar-refractivity contribution is 0.374. The van der Waals surface area contributed by atoms with Crippen molar-refractivity contribution in [3.63, 3.8) is 0 Å². The molecular formula is C15H21N3O. The SMILES string of the molecule is CCCCCCCc1nc(-c2cccc(N)c2)no1. The van der Waals surface area contributed by atoms with Crippen LogP contribution in [0.3, 0.4) is 0 Å². The van der Waals surface area contributed by atoms with Crippen molar-refractivity contribution in [1.82, 2.24) is 10.1 Å². The number of unbranched alkanes of at least 4 members (excludes halogenated alkanes) is 4. The molecule has 0 spiro atoms. The van der Waals surface area contributed by atoms with E-state index in [9.17, 15) is 0 Å². The van der Waals surface area contributed by atoms with Gasteiger partial charge in [0.2, 0.25) is 11.7 Å². The summed E-state index contributed by atoms with van der Waals surface area (Å²) >= 11 is 0. The molecule has 2 aromatic rings. The van der Waals surface area contributed by atoms with Crippen LogP contribution < -0.4 is 5.73 Å². The van der Waals surface area contributed by atoms with E-state index in [-0.39, 0.29) is 0 Å². The molecule has 1 aromatic heterocycles. The summed E-state index contributed by atoms with van der Waals surface area (Å²) in [6.45, 7) is 2.22. The van der Waals surface area contributed by atoms with Crippen molar-refractivity contribution in [2.45, 2.75) is 45.4 Å². The molecule has 102 valence electrons. The Hall–Kier alpha value is -1.84. The van der Waals surface area contributed by atoms with Gasteiger partial charge in [0.25, 0.3) is 0 Å². The van der Waals surface area contributed by atoms with E-state index in [0.717, 1.165) is 18.4 Å². The number of nitrogens with two attached hydrogens (primary N) is 1. The number of aryl methyl sites for hydroxylation is 1. The molecule has 0 amide bonds. The zero-order chi connectivity index (χ0) is 13.5. The maximum Gasteiger partial charge on any atom is 0.226 e. The first-order chi connectivity index (χ1) is 9.29. The van der Waals surface area contributed by atoms with Crippen molar-refractivity contribution >= 4 is 5.69 Å². The molecule has 0 aliphatic heterocycles. The highest BCUT2D eigenvalue weighted by atomic mass is 16.5. The number of hydrogen-bond donors (Lipinski definition) is 1. The summed E-state index contributed by atoms with van der Waals surface area (Å²) in [5, 5.41) is 4.00. The van der Waals surface area contributed by atoms with Gasteiger partial charge in [-0.2, -0.15) is 4.98 Å². The lowest BCUT2D eigenvalue weighted by Crippen LogP contribution is -1.88. The van der Waals surface area contributed by atoms with Gasteiger partial charge in [0.15, 0.2) is 0 Å². The average molecular weight is 259 g/mol. The van der Waals surface area contributed by atoms with Gasteiger partial charge in [-0.25, -0.2) is 0 Å². The van der Waals surface area contributed by atoms with Gasteiger partial charge in [-0.15, -0.1) is 0 Å². The quantitative estimate of drug-likeness (QED) is 0.606. The summed E-state index contributed by atoms with van der Waals surface area (Å²) in [5.74, 6) is 1.34. The van der Waals surface area contributed by atoms with Crippen molar-refractivity contribution in [2.24, 2.45) is 0 Å². The molecule has 2 rings (SSSR count). The highest BCUT2D eigenvalue weighted by molar-refractivity contribution is 5.60. The Bertz CT molecular complexity index is 508. The maximum atomic E-state index is 5.74. The molecule has 4 nitrogen and oxygen atoms in total. The van der Waals surface area contributed by atoms with Crippen LogP contribution >= 0.6 is 0 Å². The molecule has 1 heterocycles. The predicted molar refractivity (Wildman–Crippen MR) is 76.6 cm³/mol. The Morgan fingerprint density at radius 1 is 1.16 bits per heavy atom. The van der Waals surface area contributed by atoms with Crippen LogP contribution in [0.25, 0.3) is 11.4 Å². The Morgan fingerprint density at radius 3 is 2.79 bits per heavy atom. The van der Waals surface area contributed by atoms with Crippen molar-refractivity contribution < 1.29 is 4.52 Å². The van der Waals surface area contributed by atoms with Crippen LogP contribution in [0.2, 0.25) is 0 Å². The second-order valence-corrected chi connectivity index (χ2v) is 4.80. The van der Waals surface area contributed by atoms with E-state index in [2.05, 4.69) is 17.1 Å². The highest BCUT2D eigenvalue weighted by Crippen LogP contribution is 2.19. The Labute approximate surface area is 114 Å².